The standard InChI is InChI=1S/C14H19ClN2S2/c1-19-14(7-2-3-8-14)9-17-11-6-4-5-10(15)12(11)13(16)18/h4-6,17H,2-3,7-9H2,1H3,(H2,16,18). The van der Waals surface area contributed by atoms with Crippen LogP contribution in [0.3, 0.4) is 0 Å². The van der Waals surface area contributed by atoms with E-state index in [4.69, 9.17) is 29.6 Å². The van der Waals surface area contributed by atoms with E-state index >= 15 is 0 Å². The van der Waals surface area contributed by atoms with Gasteiger partial charge in [-0.15, -0.1) is 0 Å². The first-order chi connectivity index (χ1) is 9.08. The Bertz CT molecular complexity index is 471. The van der Waals surface area contributed by atoms with E-state index in [1.165, 1.54) is 25.7 Å². The van der Waals surface area contributed by atoms with Crippen molar-refractivity contribution in [1.29, 1.82) is 0 Å². The molecule has 0 unspecified atom stereocenters. The number of halogens is 1. The van der Waals surface area contributed by atoms with Crippen molar-refractivity contribution in [3.63, 3.8) is 0 Å². The third-order valence-electron chi connectivity index (χ3n) is 3.81. The van der Waals surface area contributed by atoms with E-state index in [0.717, 1.165) is 17.8 Å². The molecule has 3 N–H and O–H groups in total. The highest BCUT2D eigenvalue weighted by molar-refractivity contribution is 8.00. The van der Waals surface area contributed by atoms with Crippen LogP contribution in [0.25, 0.3) is 0 Å². The molecule has 0 saturated heterocycles. The Balaban J connectivity index is 2.15. The molecule has 2 rings (SSSR count). The lowest BCUT2D eigenvalue weighted by Crippen LogP contribution is -2.30. The van der Waals surface area contributed by atoms with Crippen molar-refractivity contribution >= 4 is 46.3 Å². The Morgan fingerprint density at radius 3 is 2.74 bits per heavy atom. The van der Waals surface area contributed by atoms with E-state index in [0.29, 0.717) is 14.8 Å². The molecular weight excluding hydrogens is 296 g/mol. The van der Waals surface area contributed by atoms with Gasteiger partial charge in [0, 0.05) is 17.0 Å². The molecule has 0 aliphatic heterocycles. The molecule has 19 heavy (non-hydrogen) atoms. The van der Waals surface area contributed by atoms with Crippen LogP contribution in [0.4, 0.5) is 5.69 Å². The first-order valence-electron chi connectivity index (χ1n) is 6.45. The quantitative estimate of drug-likeness (QED) is 0.804. The molecule has 0 heterocycles. The van der Waals surface area contributed by atoms with Crippen LogP contribution in [0.5, 0.6) is 0 Å². The number of hydrogen-bond donors (Lipinski definition) is 2. The van der Waals surface area contributed by atoms with Crippen molar-refractivity contribution in [1.82, 2.24) is 0 Å². The Morgan fingerprint density at radius 1 is 1.47 bits per heavy atom. The van der Waals surface area contributed by atoms with Gasteiger partial charge in [0.05, 0.1) is 10.6 Å². The maximum atomic E-state index is 6.18. The molecule has 1 aromatic rings. The molecule has 5 heteroatoms. The van der Waals surface area contributed by atoms with Crippen LogP contribution in [0, 0.1) is 0 Å². The zero-order chi connectivity index (χ0) is 13.9. The van der Waals surface area contributed by atoms with E-state index in [2.05, 4.69) is 11.6 Å². The summed E-state index contributed by atoms with van der Waals surface area (Å²) in [4.78, 5) is 0.345. The molecule has 1 aromatic carbocycles. The van der Waals surface area contributed by atoms with Crippen LogP contribution < -0.4 is 11.1 Å². The van der Waals surface area contributed by atoms with Gasteiger partial charge in [-0.05, 0) is 31.2 Å². The van der Waals surface area contributed by atoms with E-state index in [-0.39, 0.29) is 0 Å². The van der Waals surface area contributed by atoms with Crippen molar-refractivity contribution in [2.75, 3.05) is 18.1 Å². The Morgan fingerprint density at radius 2 is 2.16 bits per heavy atom. The number of thiocarbonyl (C=S) groups is 1. The monoisotopic (exact) mass is 314 g/mol. The van der Waals surface area contributed by atoms with Crippen molar-refractivity contribution in [3.8, 4) is 0 Å². The first kappa shape index (κ1) is 14.9. The lowest BCUT2D eigenvalue weighted by Gasteiger charge is -2.28. The number of rotatable bonds is 5. The molecule has 0 spiro atoms. The Labute approximate surface area is 129 Å². The van der Waals surface area contributed by atoms with Gasteiger partial charge in [-0.3, -0.25) is 0 Å². The van der Waals surface area contributed by atoms with Gasteiger partial charge in [0.25, 0.3) is 0 Å². The number of anilines is 1. The predicted molar refractivity (Wildman–Crippen MR) is 90.5 cm³/mol. The van der Waals surface area contributed by atoms with Gasteiger partial charge in [0.1, 0.15) is 4.99 Å². The average molecular weight is 315 g/mol. The predicted octanol–water partition coefficient (Wildman–Crippen LogP) is 4.06. The van der Waals surface area contributed by atoms with Gasteiger partial charge < -0.3 is 11.1 Å². The number of hydrogen-bond acceptors (Lipinski definition) is 3. The SMILES string of the molecule is CSC1(CNc2cccc(Cl)c2C(N)=S)CCCC1. The van der Waals surface area contributed by atoms with Gasteiger partial charge >= 0.3 is 0 Å². The second kappa shape index (κ2) is 6.33. The van der Waals surface area contributed by atoms with E-state index in [9.17, 15) is 0 Å². The molecule has 2 nitrogen and oxygen atoms in total. The molecule has 0 amide bonds. The third kappa shape index (κ3) is 3.36. The minimum atomic E-state index is 0.343. The third-order valence-corrected chi connectivity index (χ3v) is 5.75. The molecule has 104 valence electrons. The van der Waals surface area contributed by atoms with Gasteiger partial charge in [-0.1, -0.05) is 42.7 Å². The van der Waals surface area contributed by atoms with Gasteiger partial charge in [-0.2, -0.15) is 11.8 Å². The summed E-state index contributed by atoms with van der Waals surface area (Å²) in [5.41, 5.74) is 7.47. The highest BCUT2D eigenvalue weighted by Gasteiger charge is 2.32. The van der Waals surface area contributed by atoms with Crippen LogP contribution in [0.1, 0.15) is 31.2 Å². The second-order valence-electron chi connectivity index (χ2n) is 4.97. The van der Waals surface area contributed by atoms with E-state index in [1.54, 1.807) is 0 Å². The van der Waals surface area contributed by atoms with Crippen LogP contribution in [-0.4, -0.2) is 22.5 Å². The summed E-state index contributed by atoms with van der Waals surface area (Å²) in [5, 5.41) is 4.11. The Hall–Kier alpha value is -0.450. The normalized spacial score (nSPS) is 17.4. The molecule has 1 aliphatic rings. The number of benzene rings is 1. The molecule has 0 radical (unpaired) electrons. The van der Waals surface area contributed by atoms with Crippen LogP contribution in [-0.2, 0) is 0 Å². The summed E-state index contributed by atoms with van der Waals surface area (Å²) in [6.07, 6.45) is 7.37. The van der Waals surface area contributed by atoms with Crippen molar-refractivity contribution in [2.24, 2.45) is 5.73 Å². The van der Waals surface area contributed by atoms with Crippen LogP contribution in [0.15, 0.2) is 18.2 Å². The maximum absolute atomic E-state index is 6.18. The minimum absolute atomic E-state index is 0.343. The number of nitrogens with one attached hydrogen (secondary N) is 1. The van der Waals surface area contributed by atoms with Gasteiger partial charge in [0.2, 0.25) is 0 Å². The largest absolute Gasteiger partial charge is 0.389 e. The molecule has 1 fully saturated rings. The van der Waals surface area contributed by atoms with Gasteiger partial charge in [0.15, 0.2) is 0 Å². The lowest BCUT2D eigenvalue weighted by atomic mass is 10.1. The van der Waals surface area contributed by atoms with Crippen molar-refractivity contribution < 1.29 is 0 Å². The second-order valence-corrected chi connectivity index (χ2v) is 7.10. The summed E-state index contributed by atoms with van der Waals surface area (Å²) in [7, 11) is 0. The summed E-state index contributed by atoms with van der Waals surface area (Å²) in [6, 6.07) is 5.73. The molecule has 0 aromatic heterocycles. The highest BCUT2D eigenvalue weighted by Crippen LogP contribution is 2.40. The number of thioether (sulfide) groups is 1. The Kier molecular flexibility index (Phi) is 4.98. The molecular formula is C14H19ClN2S2. The molecule has 0 atom stereocenters. The van der Waals surface area contributed by atoms with Gasteiger partial charge in [-0.25, -0.2) is 0 Å². The fourth-order valence-corrected chi connectivity index (χ4v) is 4.12. The zero-order valence-electron chi connectivity index (χ0n) is 11.0. The maximum Gasteiger partial charge on any atom is 0.107 e. The minimum Gasteiger partial charge on any atom is -0.389 e. The summed E-state index contributed by atoms with van der Waals surface area (Å²) in [5.74, 6) is 0. The molecule has 1 saturated carbocycles. The van der Waals surface area contributed by atoms with Crippen molar-refractivity contribution in [3.05, 3.63) is 28.8 Å². The average Bonchev–Trinajstić information content (AvgIpc) is 2.85. The molecule has 0 bridgehead atoms. The highest BCUT2D eigenvalue weighted by atomic mass is 35.5. The summed E-state index contributed by atoms with van der Waals surface area (Å²) >= 11 is 13.2. The molecule has 1 aliphatic carbocycles. The van der Waals surface area contributed by atoms with Crippen LogP contribution >= 0.6 is 35.6 Å². The smallest absolute Gasteiger partial charge is 0.107 e. The first-order valence-corrected chi connectivity index (χ1v) is 8.46. The lowest BCUT2D eigenvalue weighted by molar-refractivity contribution is 0.640. The summed E-state index contributed by atoms with van der Waals surface area (Å²) < 4.78 is 0.343. The zero-order valence-corrected chi connectivity index (χ0v) is 13.4. The summed E-state index contributed by atoms with van der Waals surface area (Å²) in [6.45, 7) is 0.935. The van der Waals surface area contributed by atoms with E-state index < -0.39 is 0 Å². The van der Waals surface area contributed by atoms with Crippen LogP contribution in [0.2, 0.25) is 5.02 Å². The van der Waals surface area contributed by atoms with E-state index in [1.807, 2.05) is 30.0 Å². The topological polar surface area (TPSA) is 38.0 Å². The fourth-order valence-electron chi connectivity index (χ4n) is 2.65. The van der Waals surface area contributed by atoms with Crippen molar-refractivity contribution in [2.45, 2.75) is 30.4 Å². The number of nitrogens with two attached hydrogens (primary N) is 1. The fraction of sp³-hybridized carbons (Fsp3) is 0.500.